The fourth-order valence-corrected chi connectivity index (χ4v) is 2.76. The van der Waals surface area contributed by atoms with E-state index in [1.165, 1.54) is 0 Å². The molecule has 2 fully saturated rings. The van der Waals surface area contributed by atoms with Crippen molar-refractivity contribution in [1.29, 1.82) is 0 Å². The van der Waals surface area contributed by atoms with Crippen molar-refractivity contribution in [1.82, 2.24) is 4.98 Å². The summed E-state index contributed by atoms with van der Waals surface area (Å²) in [5.41, 5.74) is 0.127. The Labute approximate surface area is 101 Å². The molecule has 4 heteroatoms. The van der Waals surface area contributed by atoms with Crippen LogP contribution in [0.1, 0.15) is 31.2 Å². The minimum atomic E-state index is -0.769. The summed E-state index contributed by atoms with van der Waals surface area (Å²) >= 11 is 0. The largest absolute Gasteiger partial charge is 0.385 e. The third-order valence-corrected chi connectivity index (χ3v) is 3.85. The fraction of sp³-hybridized carbons (Fsp3) is 0.615. The van der Waals surface area contributed by atoms with Gasteiger partial charge in [-0.25, -0.2) is 0 Å². The van der Waals surface area contributed by atoms with Gasteiger partial charge in [-0.3, -0.25) is 4.98 Å². The van der Waals surface area contributed by atoms with Gasteiger partial charge in [0, 0.05) is 30.8 Å². The maximum Gasteiger partial charge on any atom is 0.168 e. The van der Waals surface area contributed by atoms with Crippen LogP contribution in [0.5, 0.6) is 0 Å². The van der Waals surface area contributed by atoms with Gasteiger partial charge in [0.15, 0.2) is 5.79 Å². The van der Waals surface area contributed by atoms with Gasteiger partial charge in [-0.05, 0) is 18.9 Å². The minimum Gasteiger partial charge on any atom is -0.385 e. The van der Waals surface area contributed by atoms with Crippen LogP contribution in [0.2, 0.25) is 0 Å². The average molecular weight is 235 g/mol. The third-order valence-electron chi connectivity index (χ3n) is 3.85. The van der Waals surface area contributed by atoms with E-state index in [9.17, 15) is 5.11 Å². The number of hydrogen-bond acceptors (Lipinski definition) is 4. The molecule has 3 rings (SSSR count). The van der Waals surface area contributed by atoms with Crippen LogP contribution in [0.15, 0.2) is 24.5 Å². The van der Waals surface area contributed by atoms with Gasteiger partial charge >= 0.3 is 0 Å². The molecular weight excluding hydrogens is 218 g/mol. The van der Waals surface area contributed by atoms with Gasteiger partial charge in [-0.1, -0.05) is 6.07 Å². The molecule has 1 aromatic heterocycles. The Bertz CT molecular complexity index is 377. The quantitative estimate of drug-likeness (QED) is 0.803. The highest BCUT2D eigenvalue weighted by atomic mass is 16.7. The SMILES string of the molecule is OC1(c2cccnc2)CCC2(CC1)OCCO2. The number of aliphatic hydroxyl groups is 1. The van der Waals surface area contributed by atoms with Crippen molar-refractivity contribution in [3.05, 3.63) is 30.1 Å². The monoisotopic (exact) mass is 235 g/mol. The topological polar surface area (TPSA) is 51.6 Å². The standard InChI is InChI=1S/C13H17NO3/c15-12(11-2-1-7-14-10-11)3-5-13(6-4-12)16-8-9-17-13/h1-2,7,10,15H,3-6,8-9H2. The smallest absolute Gasteiger partial charge is 0.168 e. The van der Waals surface area contributed by atoms with Crippen LogP contribution in [-0.4, -0.2) is 29.1 Å². The zero-order valence-electron chi connectivity index (χ0n) is 9.76. The molecule has 1 aromatic rings. The van der Waals surface area contributed by atoms with Crippen molar-refractivity contribution in [2.24, 2.45) is 0 Å². The lowest BCUT2D eigenvalue weighted by Gasteiger charge is -2.40. The first-order valence-corrected chi connectivity index (χ1v) is 6.13. The van der Waals surface area contributed by atoms with Crippen LogP contribution in [0.4, 0.5) is 0 Å². The highest BCUT2D eigenvalue weighted by molar-refractivity contribution is 5.19. The van der Waals surface area contributed by atoms with Crippen LogP contribution >= 0.6 is 0 Å². The predicted molar refractivity (Wildman–Crippen MR) is 61.2 cm³/mol. The van der Waals surface area contributed by atoms with E-state index in [1.54, 1.807) is 12.4 Å². The van der Waals surface area contributed by atoms with E-state index in [2.05, 4.69) is 4.98 Å². The lowest BCUT2D eigenvalue weighted by molar-refractivity contribution is -0.204. The normalized spacial score (nSPS) is 26.2. The van der Waals surface area contributed by atoms with Gasteiger partial charge in [-0.15, -0.1) is 0 Å². The molecule has 1 spiro atoms. The first-order chi connectivity index (χ1) is 8.23. The lowest BCUT2D eigenvalue weighted by Crippen LogP contribution is -2.42. The second-order valence-electron chi connectivity index (χ2n) is 4.88. The summed E-state index contributed by atoms with van der Waals surface area (Å²) in [4.78, 5) is 4.07. The van der Waals surface area contributed by atoms with E-state index < -0.39 is 11.4 Å². The molecule has 0 atom stereocenters. The summed E-state index contributed by atoms with van der Waals surface area (Å²) < 4.78 is 11.3. The Morgan fingerprint density at radius 1 is 1.12 bits per heavy atom. The Hall–Kier alpha value is -0.970. The third kappa shape index (κ3) is 1.97. The van der Waals surface area contributed by atoms with Gasteiger partial charge < -0.3 is 14.6 Å². The van der Waals surface area contributed by atoms with Crippen LogP contribution in [-0.2, 0) is 15.1 Å². The number of aromatic nitrogens is 1. The number of rotatable bonds is 1. The summed E-state index contributed by atoms with van der Waals surface area (Å²) in [6.07, 6.45) is 6.29. The predicted octanol–water partition coefficient (Wildman–Crippen LogP) is 1.59. The zero-order valence-corrected chi connectivity index (χ0v) is 9.76. The summed E-state index contributed by atoms with van der Waals surface area (Å²) in [5, 5.41) is 10.6. The summed E-state index contributed by atoms with van der Waals surface area (Å²) in [6, 6.07) is 3.79. The van der Waals surface area contributed by atoms with Crippen LogP contribution < -0.4 is 0 Å². The van der Waals surface area contributed by atoms with Crippen molar-refractivity contribution < 1.29 is 14.6 Å². The van der Waals surface area contributed by atoms with Gasteiger partial charge in [0.1, 0.15) is 0 Å². The maximum atomic E-state index is 10.6. The molecule has 92 valence electrons. The molecule has 2 aliphatic rings. The number of hydrogen-bond donors (Lipinski definition) is 1. The Balaban J connectivity index is 1.75. The van der Waals surface area contributed by atoms with E-state index >= 15 is 0 Å². The molecule has 1 N–H and O–H groups in total. The van der Waals surface area contributed by atoms with E-state index in [0.717, 1.165) is 18.4 Å². The Morgan fingerprint density at radius 3 is 2.41 bits per heavy atom. The van der Waals surface area contributed by atoms with Crippen molar-refractivity contribution in [2.75, 3.05) is 13.2 Å². The molecule has 0 aromatic carbocycles. The van der Waals surface area contributed by atoms with E-state index in [4.69, 9.17) is 9.47 Å². The zero-order chi connectivity index (χ0) is 11.8. The van der Waals surface area contributed by atoms with E-state index in [-0.39, 0.29) is 0 Å². The van der Waals surface area contributed by atoms with Crippen LogP contribution in [0.3, 0.4) is 0 Å². The first kappa shape index (κ1) is 11.1. The van der Waals surface area contributed by atoms with Crippen molar-refractivity contribution in [3.63, 3.8) is 0 Å². The van der Waals surface area contributed by atoms with Crippen LogP contribution in [0, 0.1) is 0 Å². The number of nitrogens with zero attached hydrogens (tertiary/aromatic N) is 1. The Morgan fingerprint density at radius 2 is 1.82 bits per heavy atom. The molecule has 2 heterocycles. The first-order valence-electron chi connectivity index (χ1n) is 6.13. The van der Waals surface area contributed by atoms with E-state index in [0.29, 0.717) is 26.1 Å². The molecule has 0 amide bonds. The van der Waals surface area contributed by atoms with Crippen molar-refractivity contribution in [3.8, 4) is 0 Å². The average Bonchev–Trinajstić information content (AvgIpc) is 2.84. The molecule has 4 nitrogen and oxygen atoms in total. The number of pyridine rings is 1. The van der Waals surface area contributed by atoms with Gasteiger partial charge in [0.25, 0.3) is 0 Å². The minimum absolute atomic E-state index is 0.422. The molecule has 0 bridgehead atoms. The van der Waals surface area contributed by atoms with Crippen molar-refractivity contribution in [2.45, 2.75) is 37.1 Å². The number of ether oxygens (including phenoxy) is 2. The second-order valence-corrected chi connectivity index (χ2v) is 4.88. The molecule has 0 radical (unpaired) electrons. The Kier molecular flexibility index (Phi) is 2.65. The molecule has 1 aliphatic heterocycles. The highest BCUT2D eigenvalue weighted by Crippen LogP contribution is 2.44. The van der Waals surface area contributed by atoms with Gasteiger partial charge in [0.2, 0.25) is 0 Å². The molecule has 1 saturated heterocycles. The van der Waals surface area contributed by atoms with E-state index in [1.807, 2.05) is 12.1 Å². The van der Waals surface area contributed by atoms with Gasteiger partial charge in [0.05, 0.1) is 18.8 Å². The second kappa shape index (κ2) is 4.05. The molecule has 17 heavy (non-hydrogen) atoms. The fourth-order valence-electron chi connectivity index (χ4n) is 2.76. The summed E-state index contributed by atoms with van der Waals surface area (Å²) in [7, 11) is 0. The lowest BCUT2D eigenvalue weighted by atomic mass is 9.77. The van der Waals surface area contributed by atoms with Gasteiger partial charge in [-0.2, -0.15) is 0 Å². The molecule has 1 aliphatic carbocycles. The highest BCUT2D eigenvalue weighted by Gasteiger charge is 2.46. The summed E-state index contributed by atoms with van der Waals surface area (Å²) in [6.45, 7) is 1.34. The van der Waals surface area contributed by atoms with Crippen LogP contribution in [0.25, 0.3) is 0 Å². The molecular formula is C13H17NO3. The van der Waals surface area contributed by atoms with Crippen molar-refractivity contribution >= 4 is 0 Å². The summed E-state index contributed by atoms with van der Waals surface area (Å²) in [5.74, 6) is -0.422. The maximum absolute atomic E-state index is 10.6. The molecule has 1 saturated carbocycles. The molecule has 0 unspecified atom stereocenters.